The molecule has 0 aromatic heterocycles. The Morgan fingerprint density at radius 1 is 1.30 bits per heavy atom. The molecule has 126 valence electrons. The molecule has 0 saturated carbocycles. The van der Waals surface area contributed by atoms with Crippen LogP contribution in [0.1, 0.15) is 39.7 Å². The monoisotopic (exact) mass is 318 g/mol. The Hall–Kier alpha value is -2.04. The van der Waals surface area contributed by atoms with Gasteiger partial charge in [-0.1, -0.05) is 51.1 Å². The maximum absolute atomic E-state index is 12.6. The topological polar surface area (TPSA) is 51.1 Å². The molecule has 2 rings (SSSR count). The van der Waals surface area contributed by atoms with Gasteiger partial charge in [-0.2, -0.15) is 0 Å². The molecule has 0 radical (unpaired) electrons. The van der Waals surface area contributed by atoms with Crippen LogP contribution in [-0.2, 0) is 16.1 Å². The second-order valence-corrected chi connectivity index (χ2v) is 6.97. The van der Waals surface area contributed by atoms with Crippen molar-refractivity contribution in [1.29, 1.82) is 0 Å². The second kappa shape index (κ2) is 7.02. The molecule has 0 aliphatic carbocycles. The number of aliphatic imine (C=N–C) groups is 1. The Labute approximate surface area is 138 Å². The number of hydrogen-bond donors (Lipinski definition) is 0. The lowest BCUT2D eigenvalue weighted by Crippen LogP contribution is -2.54. The minimum Gasteiger partial charge on any atom is -0.484 e. The molecular weight excluding hydrogens is 292 g/mol. The van der Waals surface area contributed by atoms with Crippen molar-refractivity contribution in [2.75, 3.05) is 7.11 Å². The van der Waals surface area contributed by atoms with Crippen LogP contribution in [-0.4, -0.2) is 36.2 Å². The van der Waals surface area contributed by atoms with Crippen molar-refractivity contribution >= 4 is 12.0 Å². The van der Waals surface area contributed by atoms with E-state index in [1.165, 1.54) is 0 Å². The maximum Gasteiger partial charge on any atom is 0.412 e. The fourth-order valence-electron chi connectivity index (χ4n) is 2.66. The van der Waals surface area contributed by atoms with Gasteiger partial charge in [-0.15, -0.1) is 0 Å². The lowest BCUT2D eigenvalue weighted by molar-refractivity contribution is 0.0297. The van der Waals surface area contributed by atoms with Crippen LogP contribution in [0, 0.1) is 5.41 Å². The van der Waals surface area contributed by atoms with Gasteiger partial charge in [-0.05, 0) is 12.5 Å². The maximum atomic E-state index is 12.6. The van der Waals surface area contributed by atoms with E-state index < -0.39 is 0 Å². The molecule has 1 heterocycles. The van der Waals surface area contributed by atoms with E-state index >= 15 is 0 Å². The molecule has 0 unspecified atom stereocenters. The zero-order chi connectivity index (χ0) is 17.0. The third-order valence-corrected chi connectivity index (χ3v) is 3.90. The lowest BCUT2D eigenvalue weighted by atomic mass is 9.89. The molecule has 23 heavy (non-hydrogen) atoms. The van der Waals surface area contributed by atoms with Gasteiger partial charge < -0.3 is 9.47 Å². The van der Waals surface area contributed by atoms with Crippen LogP contribution in [0.2, 0.25) is 0 Å². The Balaban J connectivity index is 2.14. The molecule has 0 fully saturated rings. The first-order chi connectivity index (χ1) is 10.8. The van der Waals surface area contributed by atoms with E-state index in [1.807, 2.05) is 37.3 Å². The molecule has 1 aliphatic rings. The van der Waals surface area contributed by atoms with Gasteiger partial charge in [0.1, 0.15) is 12.8 Å². The molecule has 2 atom stereocenters. The summed E-state index contributed by atoms with van der Waals surface area (Å²) in [6.07, 6.45) is -0.0339. The highest BCUT2D eigenvalue weighted by Gasteiger charge is 2.40. The summed E-state index contributed by atoms with van der Waals surface area (Å²) in [5.41, 5.74) is 0.767. The van der Waals surface area contributed by atoms with E-state index in [4.69, 9.17) is 9.47 Å². The van der Waals surface area contributed by atoms with Gasteiger partial charge in [-0.25, -0.2) is 9.79 Å². The number of benzene rings is 1. The van der Waals surface area contributed by atoms with Crippen LogP contribution in [0.5, 0.6) is 0 Å². The van der Waals surface area contributed by atoms with Crippen molar-refractivity contribution in [2.45, 2.75) is 52.9 Å². The molecule has 0 bridgehead atoms. The SMILES string of the molecule is COC1=N[C@@H](C(C)(C)C)N(C(=O)OCc2ccccc2)[C@@H](C)C1. The van der Waals surface area contributed by atoms with E-state index in [-0.39, 0.29) is 30.3 Å². The summed E-state index contributed by atoms with van der Waals surface area (Å²) >= 11 is 0. The average molecular weight is 318 g/mol. The Bertz CT molecular complexity index is 563. The number of carbonyl (C=O) groups excluding carboxylic acids is 1. The molecule has 1 aliphatic heterocycles. The lowest BCUT2D eigenvalue weighted by Gasteiger charge is -2.43. The molecule has 0 spiro atoms. The van der Waals surface area contributed by atoms with E-state index in [0.717, 1.165) is 5.56 Å². The van der Waals surface area contributed by atoms with Gasteiger partial charge >= 0.3 is 6.09 Å². The highest BCUT2D eigenvalue weighted by molar-refractivity contribution is 5.80. The zero-order valence-electron chi connectivity index (χ0n) is 14.6. The molecule has 1 aromatic carbocycles. The molecule has 0 saturated heterocycles. The van der Waals surface area contributed by atoms with Gasteiger partial charge in [0.2, 0.25) is 0 Å². The molecule has 1 amide bonds. The molecule has 0 N–H and O–H groups in total. The number of nitrogens with zero attached hydrogens (tertiary/aromatic N) is 2. The summed E-state index contributed by atoms with van der Waals surface area (Å²) in [6.45, 7) is 8.44. The quantitative estimate of drug-likeness (QED) is 0.832. The van der Waals surface area contributed by atoms with Crippen LogP contribution < -0.4 is 0 Å². The molecule has 5 heteroatoms. The van der Waals surface area contributed by atoms with Crippen LogP contribution in [0.25, 0.3) is 0 Å². The van der Waals surface area contributed by atoms with Crippen molar-refractivity contribution in [2.24, 2.45) is 10.4 Å². The van der Waals surface area contributed by atoms with E-state index in [1.54, 1.807) is 12.0 Å². The fourth-order valence-corrected chi connectivity index (χ4v) is 2.66. The highest BCUT2D eigenvalue weighted by Crippen LogP contribution is 2.32. The molecule has 5 nitrogen and oxygen atoms in total. The minimum atomic E-state index is -0.333. The number of methoxy groups -OCH3 is 1. The van der Waals surface area contributed by atoms with Gasteiger partial charge in [0, 0.05) is 17.9 Å². The van der Waals surface area contributed by atoms with E-state index in [9.17, 15) is 4.79 Å². The fraction of sp³-hybridized carbons (Fsp3) is 0.556. The predicted octanol–water partition coefficient (Wildman–Crippen LogP) is 3.83. The van der Waals surface area contributed by atoms with Crippen molar-refractivity contribution < 1.29 is 14.3 Å². The summed E-state index contributed by atoms with van der Waals surface area (Å²) in [5, 5.41) is 0. The highest BCUT2D eigenvalue weighted by atomic mass is 16.6. The summed E-state index contributed by atoms with van der Waals surface area (Å²) in [7, 11) is 1.62. The second-order valence-electron chi connectivity index (χ2n) is 6.97. The van der Waals surface area contributed by atoms with Gasteiger partial charge in [0.25, 0.3) is 0 Å². The van der Waals surface area contributed by atoms with Crippen molar-refractivity contribution in [1.82, 2.24) is 4.90 Å². The summed E-state index contributed by atoms with van der Waals surface area (Å²) < 4.78 is 10.8. The largest absolute Gasteiger partial charge is 0.484 e. The van der Waals surface area contributed by atoms with Gasteiger partial charge in [0.15, 0.2) is 5.90 Å². The molecule has 1 aromatic rings. The van der Waals surface area contributed by atoms with Gasteiger partial charge in [0.05, 0.1) is 7.11 Å². The van der Waals surface area contributed by atoms with Crippen LogP contribution in [0.4, 0.5) is 4.79 Å². The summed E-state index contributed by atoms with van der Waals surface area (Å²) in [5.74, 6) is 0.685. The van der Waals surface area contributed by atoms with Crippen LogP contribution >= 0.6 is 0 Å². The van der Waals surface area contributed by atoms with E-state index in [2.05, 4.69) is 25.8 Å². The molecular formula is C18H26N2O3. The first-order valence-electron chi connectivity index (χ1n) is 7.92. The average Bonchev–Trinajstić information content (AvgIpc) is 2.52. The first kappa shape index (κ1) is 17.3. The Morgan fingerprint density at radius 3 is 2.52 bits per heavy atom. The smallest absolute Gasteiger partial charge is 0.412 e. The Morgan fingerprint density at radius 2 is 1.96 bits per heavy atom. The van der Waals surface area contributed by atoms with Crippen molar-refractivity contribution in [3.05, 3.63) is 35.9 Å². The number of carbonyl (C=O) groups is 1. The zero-order valence-corrected chi connectivity index (χ0v) is 14.6. The number of hydrogen-bond acceptors (Lipinski definition) is 4. The van der Waals surface area contributed by atoms with Crippen LogP contribution in [0.15, 0.2) is 35.3 Å². The predicted molar refractivity (Wildman–Crippen MR) is 90.2 cm³/mol. The van der Waals surface area contributed by atoms with Gasteiger partial charge in [-0.3, -0.25) is 4.90 Å². The summed E-state index contributed by atoms with van der Waals surface area (Å²) in [6, 6.07) is 9.66. The normalized spacial score (nSPS) is 21.6. The standard InChI is InChI=1S/C18H26N2O3/c1-13-11-15(22-5)19-16(18(2,3)4)20(13)17(21)23-12-14-9-7-6-8-10-14/h6-10,13,16H,11-12H2,1-5H3/t13-,16+/m0/s1. The third kappa shape index (κ3) is 4.24. The third-order valence-electron chi connectivity index (χ3n) is 3.90. The first-order valence-corrected chi connectivity index (χ1v) is 7.92. The number of amides is 1. The number of ether oxygens (including phenoxy) is 2. The number of rotatable bonds is 2. The Kier molecular flexibility index (Phi) is 5.29. The van der Waals surface area contributed by atoms with E-state index in [0.29, 0.717) is 12.3 Å². The van der Waals surface area contributed by atoms with Crippen molar-refractivity contribution in [3.8, 4) is 0 Å². The van der Waals surface area contributed by atoms with Crippen molar-refractivity contribution in [3.63, 3.8) is 0 Å². The minimum absolute atomic E-state index is 0.0186. The summed E-state index contributed by atoms with van der Waals surface area (Å²) in [4.78, 5) is 19.0. The van der Waals surface area contributed by atoms with Crippen LogP contribution in [0.3, 0.4) is 0 Å².